The summed E-state index contributed by atoms with van der Waals surface area (Å²) in [5.74, 6) is 1.58. The van der Waals surface area contributed by atoms with E-state index in [1.54, 1.807) is 20.2 Å². The van der Waals surface area contributed by atoms with E-state index in [-0.39, 0.29) is 5.78 Å². The van der Waals surface area contributed by atoms with Gasteiger partial charge in [0.2, 0.25) is 0 Å². The Kier molecular flexibility index (Phi) is 4.84. The van der Waals surface area contributed by atoms with Crippen LogP contribution in [0.3, 0.4) is 0 Å². The summed E-state index contributed by atoms with van der Waals surface area (Å²) in [4.78, 5) is 21.8. The molecule has 162 valence electrons. The highest BCUT2D eigenvalue weighted by atomic mass is 16.5. The van der Waals surface area contributed by atoms with E-state index in [1.165, 1.54) is 6.92 Å². The maximum Gasteiger partial charge on any atom is 0.183 e. The van der Waals surface area contributed by atoms with Gasteiger partial charge in [-0.25, -0.2) is 4.98 Å². The summed E-state index contributed by atoms with van der Waals surface area (Å²) >= 11 is 0. The highest BCUT2D eigenvalue weighted by Crippen LogP contribution is 2.42. The SMILES string of the molecule is COc1cc2c(cc1C(C(C)=O)=C(C)N)nc(C1CC1)c1nnc(Cc3ccccn3)n12. The Hall–Kier alpha value is -3.81. The first-order valence-electron chi connectivity index (χ1n) is 10.6. The number of ketones is 1. The molecule has 0 radical (unpaired) electrons. The number of hydrogen-bond donors (Lipinski definition) is 1. The van der Waals surface area contributed by atoms with Gasteiger partial charge in [-0.3, -0.25) is 14.2 Å². The Morgan fingerprint density at radius 1 is 1.22 bits per heavy atom. The van der Waals surface area contributed by atoms with Crippen LogP contribution >= 0.6 is 0 Å². The van der Waals surface area contributed by atoms with Crippen LogP contribution in [-0.2, 0) is 11.2 Å². The molecule has 0 atom stereocenters. The summed E-state index contributed by atoms with van der Waals surface area (Å²) in [5.41, 5.74) is 11.8. The molecule has 5 rings (SSSR count). The van der Waals surface area contributed by atoms with E-state index < -0.39 is 0 Å². The van der Waals surface area contributed by atoms with Gasteiger partial charge in [0.05, 0.1) is 30.3 Å². The Morgan fingerprint density at radius 2 is 2.03 bits per heavy atom. The average Bonchev–Trinajstić information content (AvgIpc) is 3.53. The number of fused-ring (bicyclic) bond motifs is 3. The molecule has 3 heterocycles. The van der Waals surface area contributed by atoms with Crippen LogP contribution < -0.4 is 10.5 Å². The lowest BCUT2D eigenvalue weighted by Crippen LogP contribution is -2.08. The van der Waals surface area contributed by atoms with E-state index in [2.05, 4.69) is 15.2 Å². The standard InChI is InChI=1S/C24H24N6O2/c1-13(25)22(14(2)31)17-11-18-19(12-20(17)32-3)30-21(10-16-6-4-5-9-26-16)28-29-24(30)23(27-18)15-7-8-15/h4-6,9,11-12,15H,7-8,10,25H2,1-3H3. The van der Waals surface area contributed by atoms with Gasteiger partial charge in [-0.2, -0.15) is 0 Å². The maximum absolute atomic E-state index is 12.4. The minimum Gasteiger partial charge on any atom is -0.496 e. The van der Waals surface area contributed by atoms with Crippen molar-refractivity contribution < 1.29 is 9.53 Å². The second-order valence-electron chi connectivity index (χ2n) is 8.20. The molecule has 8 heteroatoms. The largest absolute Gasteiger partial charge is 0.496 e. The average molecular weight is 428 g/mol. The first-order valence-corrected chi connectivity index (χ1v) is 10.6. The second kappa shape index (κ2) is 7.71. The number of Topliss-reactive ketones (excluding diaryl/α,β-unsaturated/α-hetero) is 1. The number of benzene rings is 1. The number of ether oxygens (including phenoxy) is 1. The maximum atomic E-state index is 12.4. The number of carbonyl (C=O) groups is 1. The Morgan fingerprint density at radius 3 is 2.66 bits per heavy atom. The third-order valence-corrected chi connectivity index (χ3v) is 5.78. The van der Waals surface area contributed by atoms with Crippen LogP contribution in [0.1, 0.15) is 55.4 Å². The van der Waals surface area contributed by atoms with Gasteiger partial charge in [-0.1, -0.05) is 6.07 Å². The molecule has 2 N–H and O–H groups in total. The van der Waals surface area contributed by atoms with Crippen molar-refractivity contribution >= 4 is 28.0 Å². The molecule has 1 aliphatic rings. The zero-order valence-electron chi connectivity index (χ0n) is 18.3. The van der Waals surface area contributed by atoms with Gasteiger partial charge in [-0.15, -0.1) is 10.2 Å². The van der Waals surface area contributed by atoms with Crippen molar-refractivity contribution in [2.24, 2.45) is 5.73 Å². The Balaban J connectivity index is 1.80. The van der Waals surface area contributed by atoms with Crippen molar-refractivity contribution in [3.63, 3.8) is 0 Å². The topological polar surface area (TPSA) is 108 Å². The van der Waals surface area contributed by atoms with Gasteiger partial charge in [0.25, 0.3) is 0 Å². The van der Waals surface area contributed by atoms with E-state index in [4.69, 9.17) is 15.5 Å². The van der Waals surface area contributed by atoms with Crippen LogP contribution in [-0.4, -0.2) is 37.5 Å². The third-order valence-electron chi connectivity index (χ3n) is 5.78. The fourth-order valence-electron chi connectivity index (χ4n) is 4.20. The number of hydrogen-bond acceptors (Lipinski definition) is 7. The van der Waals surface area contributed by atoms with Crippen molar-refractivity contribution in [2.75, 3.05) is 7.11 Å². The molecule has 1 saturated carbocycles. The van der Waals surface area contributed by atoms with Crippen molar-refractivity contribution in [1.82, 2.24) is 24.6 Å². The summed E-state index contributed by atoms with van der Waals surface area (Å²) in [6.07, 6.45) is 4.48. The number of allylic oxidation sites excluding steroid dienone is 2. The van der Waals surface area contributed by atoms with Gasteiger partial charge >= 0.3 is 0 Å². The van der Waals surface area contributed by atoms with Crippen molar-refractivity contribution in [3.8, 4) is 5.75 Å². The monoisotopic (exact) mass is 428 g/mol. The Bertz CT molecular complexity index is 1380. The predicted octanol–water partition coefficient (Wildman–Crippen LogP) is 3.43. The molecule has 0 spiro atoms. The smallest absolute Gasteiger partial charge is 0.183 e. The molecular formula is C24H24N6O2. The van der Waals surface area contributed by atoms with Crippen molar-refractivity contribution in [1.29, 1.82) is 0 Å². The molecule has 1 fully saturated rings. The molecule has 1 aromatic carbocycles. The number of pyridine rings is 1. The number of aromatic nitrogens is 5. The molecule has 8 nitrogen and oxygen atoms in total. The fourth-order valence-corrected chi connectivity index (χ4v) is 4.20. The number of carbonyl (C=O) groups excluding carboxylic acids is 1. The van der Waals surface area contributed by atoms with Gasteiger partial charge in [-0.05, 0) is 44.9 Å². The zero-order valence-corrected chi connectivity index (χ0v) is 18.3. The zero-order chi connectivity index (χ0) is 22.4. The molecule has 0 unspecified atom stereocenters. The summed E-state index contributed by atoms with van der Waals surface area (Å²) in [6.45, 7) is 3.23. The molecular weight excluding hydrogens is 404 g/mol. The van der Waals surface area contributed by atoms with E-state index in [0.29, 0.717) is 34.9 Å². The summed E-state index contributed by atoms with van der Waals surface area (Å²) in [5, 5.41) is 8.98. The first kappa shape index (κ1) is 20.1. The minimum absolute atomic E-state index is 0.119. The summed E-state index contributed by atoms with van der Waals surface area (Å²) in [7, 11) is 1.58. The Labute approximate surface area is 185 Å². The predicted molar refractivity (Wildman–Crippen MR) is 121 cm³/mol. The van der Waals surface area contributed by atoms with E-state index in [0.717, 1.165) is 46.7 Å². The molecule has 0 saturated heterocycles. The fraction of sp³-hybridized carbons (Fsp3) is 0.292. The summed E-state index contributed by atoms with van der Waals surface area (Å²) < 4.78 is 7.72. The van der Waals surface area contributed by atoms with Crippen molar-refractivity contribution in [3.05, 3.63) is 65.0 Å². The molecule has 0 aliphatic heterocycles. The number of nitrogens with zero attached hydrogens (tertiary/aromatic N) is 5. The highest BCUT2D eigenvalue weighted by Gasteiger charge is 2.30. The summed E-state index contributed by atoms with van der Waals surface area (Å²) in [6, 6.07) is 9.59. The van der Waals surface area contributed by atoms with Crippen LogP contribution in [0.4, 0.5) is 0 Å². The lowest BCUT2D eigenvalue weighted by atomic mass is 9.98. The number of rotatable bonds is 6. The molecule has 4 aromatic rings. The number of nitrogens with two attached hydrogens (primary N) is 1. The number of methoxy groups -OCH3 is 1. The van der Waals surface area contributed by atoms with Crippen molar-refractivity contribution in [2.45, 2.75) is 39.0 Å². The van der Waals surface area contributed by atoms with Gasteiger partial charge in [0.15, 0.2) is 11.4 Å². The quantitative estimate of drug-likeness (QED) is 0.469. The molecule has 0 amide bonds. The van der Waals surface area contributed by atoms with Crippen LogP contribution in [0, 0.1) is 0 Å². The van der Waals surface area contributed by atoms with Crippen LogP contribution in [0.5, 0.6) is 5.75 Å². The first-order chi connectivity index (χ1) is 15.5. The lowest BCUT2D eigenvalue weighted by Gasteiger charge is -2.15. The van der Waals surface area contributed by atoms with E-state index >= 15 is 0 Å². The molecule has 3 aromatic heterocycles. The van der Waals surface area contributed by atoms with E-state index in [9.17, 15) is 4.79 Å². The van der Waals surface area contributed by atoms with Crippen LogP contribution in [0.15, 0.2) is 42.2 Å². The molecule has 32 heavy (non-hydrogen) atoms. The molecule has 0 bridgehead atoms. The van der Waals surface area contributed by atoms with Gasteiger partial charge in [0.1, 0.15) is 11.6 Å². The van der Waals surface area contributed by atoms with Gasteiger partial charge < -0.3 is 10.5 Å². The van der Waals surface area contributed by atoms with Crippen LogP contribution in [0.2, 0.25) is 0 Å². The highest BCUT2D eigenvalue weighted by molar-refractivity contribution is 6.21. The second-order valence-corrected chi connectivity index (χ2v) is 8.20. The molecule has 1 aliphatic carbocycles. The van der Waals surface area contributed by atoms with E-state index in [1.807, 2.05) is 34.7 Å². The third kappa shape index (κ3) is 3.37. The normalized spacial score (nSPS) is 14.6. The lowest BCUT2D eigenvalue weighted by molar-refractivity contribution is -0.111. The van der Waals surface area contributed by atoms with Crippen LogP contribution in [0.25, 0.3) is 22.3 Å². The minimum atomic E-state index is -0.119. The van der Waals surface area contributed by atoms with Gasteiger partial charge in [0, 0.05) is 40.7 Å².